The van der Waals surface area contributed by atoms with Crippen molar-refractivity contribution in [3.8, 4) is 0 Å². The van der Waals surface area contributed by atoms with E-state index in [1.54, 1.807) is 33.9 Å². The number of aliphatic carboxylic acids is 1. The number of hydrogen-bond acceptors (Lipinski definition) is 5. The second-order valence-electron chi connectivity index (χ2n) is 9.19. The van der Waals surface area contributed by atoms with Gasteiger partial charge in [0.25, 0.3) is 0 Å². The van der Waals surface area contributed by atoms with Gasteiger partial charge in [-0.25, -0.2) is 0 Å². The molecule has 0 aliphatic carbocycles. The standard InChI is InChI=1S/C24H35N5O5/c1-12(2)19(25)22(31)29-20(13(3)4)23(32)28-18(21(30)27-14(5)24(33)34)10-15-11-26-17-9-7-6-8-16(15)17/h6-9,11-14,18-20,26H,10,25H2,1-5H3,(H,27,30)(H,28,32)(H,29,31)(H,33,34). The van der Waals surface area contributed by atoms with Crippen molar-refractivity contribution in [2.24, 2.45) is 17.6 Å². The molecule has 2 aromatic rings. The molecule has 0 bridgehead atoms. The molecule has 1 aromatic carbocycles. The molecule has 3 amide bonds. The van der Waals surface area contributed by atoms with Gasteiger partial charge in [-0.15, -0.1) is 0 Å². The highest BCUT2D eigenvalue weighted by Gasteiger charge is 2.32. The minimum absolute atomic E-state index is 0.117. The Morgan fingerprint density at radius 2 is 1.56 bits per heavy atom. The van der Waals surface area contributed by atoms with Crippen molar-refractivity contribution in [3.63, 3.8) is 0 Å². The summed E-state index contributed by atoms with van der Waals surface area (Å²) in [6.07, 6.45) is 1.87. The lowest BCUT2D eigenvalue weighted by Crippen LogP contribution is -2.59. The third-order valence-corrected chi connectivity index (χ3v) is 5.73. The number of carbonyl (C=O) groups is 4. The van der Waals surface area contributed by atoms with Crippen LogP contribution in [0.4, 0.5) is 0 Å². The predicted octanol–water partition coefficient (Wildman–Crippen LogP) is 0.909. The van der Waals surface area contributed by atoms with E-state index in [1.807, 2.05) is 24.3 Å². The molecule has 0 aliphatic heterocycles. The lowest BCUT2D eigenvalue weighted by atomic mass is 9.99. The first-order valence-electron chi connectivity index (χ1n) is 11.4. The van der Waals surface area contributed by atoms with Gasteiger partial charge < -0.3 is 31.8 Å². The highest BCUT2D eigenvalue weighted by atomic mass is 16.4. The number of para-hydroxylation sites is 1. The predicted molar refractivity (Wildman–Crippen MR) is 129 cm³/mol. The fraction of sp³-hybridized carbons (Fsp3) is 0.500. The van der Waals surface area contributed by atoms with E-state index in [4.69, 9.17) is 5.73 Å². The highest BCUT2D eigenvalue weighted by molar-refractivity contribution is 5.95. The average molecular weight is 474 g/mol. The topological polar surface area (TPSA) is 166 Å². The molecule has 0 aliphatic rings. The molecule has 10 nitrogen and oxygen atoms in total. The van der Waals surface area contributed by atoms with Crippen LogP contribution in [0, 0.1) is 11.8 Å². The molecule has 186 valence electrons. The first-order valence-corrected chi connectivity index (χ1v) is 11.4. The van der Waals surface area contributed by atoms with E-state index < -0.39 is 47.9 Å². The number of carboxylic acid groups (broad SMARTS) is 1. The molecule has 34 heavy (non-hydrogen) atoms. The Labute approximate surface area is 199 Å². The fourth-order valence-corrected chi connectivity index (χ4v) is 3.45. The molecule has 0 fully saturated rings. The zero-order valence-corrected chi connectivity index (χ0v) is 20.2. The smallest absolute Gasteiger partial charge is 0.325 e. The highest BCUT2D eigenvalue weighted by Crippen LogP contribution is 2.19. The van der Waals surface area contributed by atoms with Gasteiger partial charge in [-0.3, -0.25) is 19.2 Å². The number of amides is 3. The molecule has 4 atom stereocenters. The molecular weight excluding hydrogens is 438 g/mol. The number of rotatable bonds is 11. The molecule has 0 radical (unpaired) electrons. The van der Waals surface area contributed by atoms with E-state index in [9.17, 15) is 24.3 Å². The fourth-order valence-electron chi connectivity index (χ4n) is 3.45. The minimum Gasteiger partial charge on any atom is -0.480 e. The van der Waals surface area contributed by atoms with Gasteiger partial charge in [0.15, 0.2) is 0 Å². The van der Waals surface area contributed by atoms with Crippen LogP contribution in [0.1, 0.15) is 40.2 Å². The van der Waals surface area contributed by atoms with E-state index in [2.05, 4.69) is 20.9 Å². The Morgan fingerprint density at radius 3 is 2.15 bits per heavy atom. The number of hydrogen-bond donors (Lipinski definition) is 6. The van der Waals surface area contributed by atoms with Crippen LogP contribution >= 0.6 is 0 Å². The maximum atomic E-state index is 13.2. The summed E-state index contributed by atoms with van der Waals surface area (Å²) in [4.78, 5) is 53.0. The van der Waals surface area contributed by atoms with Crippen molar-refractivity contribution >= 4 is 34.6 Å². The van der Waals surface area contributed by atoms with Crippen molar-refractivity contribution in [2.45, 2.75) is 65.2 Å². The number of aromatic nitrogens is 1. The third-order valence-electron chi connectivity index (χ3n) is 5.73. The number of H-pyrrole nitrogens is 1. The van der Waals surface area contributed by atoms with Crippen LogP contribution in [0.2, 0.25) is 0 Å². The first kappa shape index (κ1) is 26.8. The molecule has 10 heteroatoms. The van der Waals surface area contributed by atoms with Crippen LogP contribution < -0.4 is 21.7 Å². The van der Waals surface area contributed by atoms with Crippen LogP contribution in [0.5, 0.6) is 0 Å². The number of nitrogens with one attached hydrogen (secondary N) is 4. The summed E-state index contributed by atoms with van der Waals surface area (Å²) in [7, 11) is 0. The summed E-state index contributed by atoms with van der Waals surface area (Å²) in [5.41, 5.74) is 7.57. The zero-order valence-electron chi connectivity index (χ0n) is 20.2. The number of nitrogens with two attached hydrogens (primary N) is 1. The minimum atomic E-state index is -1.19. The normalized spacial score (nSPS) is 14.9. The number of benzene rings is 1. The number of fused-ring (bicyclic) bond motifs is 1. The summed E-state index contributed by atoms with van der Waals surface area (Å²) in [6, 6.07) is 3.61. The van der Waals surface area contributed by atoms with E-state index >= 15 is 0 Å². The van der Waals surface area contributed by atoms with Crippen LogP contribution in [-0.4, -0.2) is 57.9 Å². The van der Waals surface area contributed by atoms with Crippen LogP contribution in [0.15, 0.2) is 30.5 Å². The van der Waals surface area contributed by atoms with Crippen molar-refractivity contribution in [1.29, 1.82) is 0 Å². The molecule has 0 spiro atoms. The second-order valence-corrected chi connectivity index (χ2v) is 9.19. The zero-order chi connectivity index (χ0) is 25.6. The SMILES string of the molecule is CC(NC(=O)C(Cc1c[nH]c2ccccc12)NC(=O)C(NC(=O)C(N)C(C)C)C(C)C)C(=O)O. The van der Waals surface area contributed by atoms with Crippen LogP contribution in [-0.2, 0) is 25.6 Å². The van der Waals surface area contributed by atoms with Crippen molar-refractivity contribution < 1.29 is 24.3 Å². The van der Waals surface area contributed by atoms with Crippen LogP contribution in [0.3, 0.4) is 0 Å². The summed E-state index contributed by atoms with van der Waals surface area (Å²) in [6.45, 7) is 8.49. The summed E-state index contributed by atoms with van der Waals surface area (Å²) < 4.78 is 0. The van der Waals surface area contributed by atoms with E-state index in [0.717, 1.165) is 16.5 Å². The Morgan fingerprint density at radius 1 is 0.912 bits per heavy atom. The van der Waals surface area contributed by atoms with Gasteiger partial charge in [-0.1, -0.05) is 45.9 Å². The molecule has 2 rings (SSSR count). The Balaban J connectivity index is 2.27. The van der Waals surface area contributed by atoms with Gasteiger partial charge in [0.2, 0.25) is 17.7 Å². The van der Waals surface area contributed by atoms with E-state index in [1.165, 1.54) is 6.92 Å². The summed E-state index contributed by atoms with van der Waals surface area (Å²) in [5.74, 6) is -3.24. The van der Waals surface area contributed by atoms with E-state index in [0.29, 0.717) is 0 Å². The summed E-state index contributed by atoms with van der Waals surface area (Å²) >= 11 is 0. The Hall–Kier alpha value is -3.40. The molecule has 1 aromatic heterocycles. The number of carboxylic acids is 1. The summed E-state index contributed by atoms with van der Waals surface area (Å²) in [5, 5.41) is 17.9. The first-order chi connectivity index (χ1) is 15.9. The second kappa shape index (κ2) is 11.6. The van der Waals surface area contributed by atoms with Gasteiger partial charge in [0.05, 0.1) is 6.04 Å². The quantitative estimate of drug-likeness (QED) is 0.284. The van der Waals surface area contributed by atoms with Gasteiger partial charge in [0.1, 0.15) is 18.1 Å². The van der Waals surface area contributed by atoms with Crippen molar-refractivity contribution in [1.82, 2.24) is 20.9 Å². The average Bonchev–Trinajstić information content (AvgIpc) is 3.18. The Bertz CT molecular complexity index is 1030. The van der Waals surface area contributed by atoms with Crippen molar-refractivity contribution in [2.75, 3.05) is 0 Å². The lowest BCUT2D eigenvalue weighted by Gasteiger charge is -2.27. The van der Waals surface area contributed by atoms with Crippen LogP contribution in [0.25, 0.3) is 10.9 Å². The monoisotopic (exact) mass is 473 g/mol. The van der Waals surface area contributed by atoms with Gasteiger partial charge in [0, 0.05) is 23.5 Å². The van der Waals surface area contributed by atoms with Gasteiger partial charge >= 0.3 is 5.97 Å². The van der Waals surface area contributed by atoms with Gasteiger partial charge in [-0.05, 0) is 30.4 Å². The van der Waals surface area contributed by atoms with Gasteiger partial charge in [-0.2, -0.15) is 0 Å². The number of aromatic amines is 1. The molecule has 1 heterocycles. The molecular formula is C24H35N5O5. The molecule has 7 N–H and O–H groups in total. The third kappa shape index (κ3) is 6.80. The van der Waals surface area contributed by atoms with Crippen molar-refractivity contribution in [3.05, 3.63) is 36.0 Å². The lowest BCUT2D eigenvalue weighted by molar-refractivity contribution is -0.141. The maximum Gasteiger partial charge on any atom is 0.325 e. The molecule has 0 saturated heterocycles. The molecule has 0 saturated carbocycles. The largest absolute Gasteiger partial charge is 0.480 e. The van der Waals surface area contributed by atoms with E-state index in [-0.39, 0.29) is 18.3 Å². The number of carbonyl (C=O) groups excluding carboxylic acids is 3. The maximum absolute atomic E-state index is 13.2. The Kier molecular flexibility index (Phi) is 9.19. The molecule has 4 unspecified atom stereocenters.